The summed E-state index contributed by atoms with van der Waals surface area (Å²) in [6.45, 7) is 2.86. The zero-order chi connectivity index (χ0) is 20.8. The molecule has 0 unspecified atom stereocenters. The van der Waals surface area contributed by atoms with Gasteiger partial charge in [-0.15, -0.1) is 0 Å². The molecule has 156 valence electrons. The number of methoxy groups -OCH3 is 1. The van der Waals surface area contributed by atoms with Gasteiger partial charge in [0, 0.05) is 19.0 Å². The van der Waals surface area contributed by atoms with Gasteiger partial charge in [0.15, 0.2) is 11.5 Å². The van der Waals surface area contributed by atoms with Crippen molar-refractivity contribution >= 4 is 34.9 Å². The number of imide groups is 1. The third kappa shape index (κ3) is 5.12. The van der Waals surface area contributed by atoms with Gasteiger partial charge in [0.1, 0.15) is 0 Å². The minimum Gasteiger partial charge on any atom is -0.493 e. The van der Waals surface area contributed by atoms with Gasteiger partial charge in [0.05, 0.1) is 18.6 Å². The Bertz CT molecular complexity index is 817. The van der Waals surface area contributed by atoms with E-state index in [1.165, 1.54) is 4.90 Å². The summed E-state index contributed by atoms with van der Waals surface area (Å²) in [5.41, 5.74) is 0.741. The third-order valence-corrected chi connectivity index (χ3v) is 5.93. The fourth-order valence-corrected chi connectivity index (χ4v) is 4.38. The summed E-state index contributed by atoms with van der Waals surface area (Å²) >= 11 is 0.902. The van der Waals surface area contributed by atoms with Crippen LogP contribution in [0.2, 0.25) is 0 Å². The molecule has 2 aliphatic rings. The van der Waals surface area contributed by atoms with Crippen LogP contribution in [0.1, 0.15) is 38.2 Å². The van der Waals surface area contributed by atoms with E-state index in [0.29, 0.717) is 23.0 Å². The van der Waals surface area contributed by atoms with Crippen molar-refractivity contribution in [1.82, 2.24) is 10.2 Å². The van der Waals surface area contributed by atoms with Crippen LogP contribution >= 0.6 is 11.8 Å². The molecule has 1 heterocycles. The molecule has 0 bridgehead atoms. The maximum absolute atomic E-state index is 12.6. The number of nitrogens with zero attached hydrogens (tertiary/aromatic N) is 1. The molecule has 1 aliphatic carbocycles. The highest BCUT2D eigenvalue weighted by molar-refractivity contribution is 8.18. The normalized spacial score (nSPS) is 18.6. The number of amides is 3. The van der Waals surface area contributed by atoms with E-state index in [2.05, 4.69) is 5.32 Å². The molecule has 7 nitrogen and oxygen atoms in total. The van der Waals surface area contributed by atoms with Gasteiger partial charge in [-0.25, -0.2) is 0 Å². The number of ether oxygens (including phenoxy) is 2. The number of hydrogen-bond acceptors (Lipinski definition) is 6. The van der Waals surface area contributed by atoms with Crippen molar-refractivity contribution in [2.75, 3.05) is 26.8 Å². The Balaban J connectivity index is 1.61. The Kier molecular flexibility index (Phi) is 7.19. The van der Waals surface area contributed by atoms with Gasteiger partial charge in [-0.05, 0) is 55.3 Å². The van der Waals surface area contributed by atoms with Crippen molar-refractivity contribution in [2.45, 2.75) is 32.6 Å². The molecule has 3 rings (SSSR count). The molecule has 0 aromatic heterocycles. The average molecular weight is 419 g/mol. The van der Waals surface area contributed by atoms with E-state index in [-0.39, 0.29) is 36.1 Å². The number of hydrogen-bond donors (Lipinski definition) is 1. The van der Waals surface area contributed by atoms with Crippen molar-refractivity contribution in [1.29, 1.82) is 0 Å². The Morgan fingerprint density at radius 1 is 1.28 bits per heavy atom. The summed E-state index contributed by atoms with van der Waals surface area (Å²) in [5, 5.41) is 2.52. The lowest BCUT2D eigenvalue weighted by Crippen LogP contribution is -2.39. The molecule has 2 fully saturated rings. The minimum absolute atomic E-state index is 0.0199. The maximum Gasteiger partial charge on any atom is 0.293 e. The molecule has 1 aromatic rings. The standard InChI is InChI=1S/C21H26N2O5S/c1-3-28-16-9-8-14(12-17(16)27-2)13-18-20(25)23(21(26)29-18)11-10-22-19(24)15-6-4-5-7-15/h8-9,12-13,15H,3-7,10-11H2,1-2H3,(H,22,24)/b18-13-. The van der Waals surface area contributed by atoms with Gasteiger partial charge in [-0.3, -0.25) is 19.3 Å². The second-order valence-corrected chi connectivity index (χ2v) is 7.94. The van der Waals surface area contributed by atoms with Crippen molar-refractivity contribution in [3.63, 3.8) is 0 Å². The van der Waals surface area contributed by atoms with Crippen LogP contribution in [-0.2, 0) is 9.59 Å². The number of nitrogens with one attached hydrogen (secondary N) is 1. The highest BCUT2D eigenvalue weighted by atomic mass is 32.2. The van der Waals surface area contributed by atoms with Gasteiger partial charge < -0.3 is 14.8 Å². The molecule has 1 N–H and O–H groups in total. The summed E-state index contributed by atoms with van der Waals surface area (Å²) < 4.78 is 10.8. The molecule has 1 saturated carbocycles. The van der Waals surface area contributed by atoms with Gasteiger partial charge >= 0.3 is 0 Å². The van der Waals surface area contributed by atoms with Crippen LogP contribution in [0, 0.1) is 5.92 Å². The van der Waals surface area contributed by atoms with Crippen LogP contribution in [0.25, 0.3) is 6.08 Å². The molecule has 29 heavy (non-hydrogen) atoms. The predicted octanol–water partition coefficient (Wildman–Crippen LogP) is 3.44. The quantitative estimate of drug-likeness (QED) is 0.651. The molecule has 0 spiro atoms. The van der Waals surface area contributed by atoms with Crippen LogP contribution in [0.5, 0.6) is 11.5 Å². The molecule has 0 atom stereocenters. The monoisotopic (exact) mass is 418 g/mol. The van der Waals surface area contributed by atoms with E-state index < -0.39 is 0 Å². The topological polar surface area (TPSA) is 84.9 Å². The molecule has 1 aromatic carbocycles. The Morgan fingerprint density at radius 2 is 2.03 bits per heavy atom. The summed E-state index contributed by atoms with van der Waals surface area (Å²) in [7, 11) is 1.55. The SMILES string of the molecule is CCOc1ccc(/C=C2\SC(=O)N(CCNC(=O)C3CCCC3)C2=O)cc1OC. The first-order valence-corrected chi connectivity index (χ1v) is 10.7. The largest absolute Gasteiger partial charge is 0.493 e. The van der Waals surface area contributed by atoms with Crippen molar-refractivity contribution in [2.24, 2.45) is 5.92 Å². The van der Waals surface area contributed by atoms with E-state index in [1.54, 1.807) is 25.3 Å². The zero-order valence-corrected chi connectivity index (χ0v) is 17.5. The first-order chi connectivity index (χ1) is 14.0. The first-order valence-electron chi connectivity index (χ1n) is 9.87. The van der Waals surface area contributed by atoms with E-state index >= 15 is 0 Å². The van der Waals surface area contributed by atoms with Crippen LogP contribution < -0.4 is 14.8 Å². The fourth-order valence-electron chi connectivity index (χ4n) is 3.52. The van der Waals surface area contributed by atoms with Crippen LogP contribution in [-0.4, -0.2) is 48.8 Å². The Hall–Kier alpha value is -2.48. The molecule has 3 amide bonds. The van der Waals surface area contributed by atoms with Crippen molar-refractivity contribution < 1.29 is 23.9 Å². The molecule has 1 saturated heterocycles. The second-order valence-electron chi connectivity index (χ2n) is 6.95. The van der Waals surface area contributed by atoms with E-state index in [9.17, 15) is 14.4 Å². The first kappa shape index (κ1) is 21.2. The Morgan fingerprint density at radius 3 is 2.72 bits per heavy atom. The number of benzene rings is 1. The lowest BCUT2D eigenvalue weighted by molar-refractivity contribution is -0.126. The summed E-state index contributed by atoms with van der Waals surface area (Å²) in [6.07, 6.45) is 5.67. The molecule has 1 aliphatic heterocycles. The van der Waals surface area contributed by atoms with E-state index in [4.69, 9.17) is 9.47 Å². The molecule has 8 heteroatoms. The van der Waals surface area contributed by atoms with Crippen LogP contribution in [0.15, 0.2) is 23.1 Å². The number of thioether (sulfide) groups is 1. The highest BCUT2D eigenvalue weighted by Crippen LogP contribution is 2.34. The summed E-state index contributed by atoms with van der Waals surface area (Å²) in [5.74, 6) is 0.932. The minimum atomic E-state index is -0.344. The Labute approximate surface area is 174 Å². The van der Waals surface area contributed by atoms with Crippen molar-refractivity contribution in [3.05, 3.63) is 28.7 Å². The molecule has 0 radical (unpaired) electrons. The lowest BCUT2D eigenvalue weighted by atomic mass is 10.1. The van der Waals surface area contributed by atoms with Crippen LogP contribution in [0.4, 0.5) is 4.79 Å². The number of rotatable bonds is 8. The zero-order valence-electron chi connectivity index (χ0n) is 16.7. The van der Waals surface area contributed by atoms with Gasteiger partial charge in [-0.2, -0.15) is 0 Å². The second kappa shape index (κ2) is 9.82. The summed E-state index contributed by atoms with van der Waals surface area (Å²) in [4.78, 5) is 38.5. The third-order valence-electron chi connectivity index (χ3n) is 5.02. The maximum atomic E-state index is 12.6. The molecular weight excluding hydrogens is 392 g/mol. The van der Waals surface area contributed by atoms with Gasteiger partial charge in [0.25, 0.3) is 11.1 Å². The smallest absolute Gasteiger partial charge is 0.293 e. The lowest BCUT2D eigenvalue weighted by Gasteiger charge is -2.14. The van der Waals surface area contributed by atoms with Gasteiger partial charge in [-0.1, -0.05) is 18.9 Å². The predicted molar refractivity (Wildman–Crippen MR) is 112 cm³/mol. The highest BCUT2D eigenvalue weighted by Gasteiger charge is 2.35. The summed E-state index contributed by atoms with van der Waals surface area (Å²) in [6, 6.07) is 5.35. The number of carbonyl (C=O) groups excluding carboxylic acids is 3. The van der Waals surface area contributed by atoms with Gasteiger partial charge in [0.2, 0.25) is 5.91 Å². The fraction of sp³-hybridized carbons (Fsp3) is 0.476. The number of carbonyl (C=O) groups is 3. The van der Waals surface area contributed by atoms with E-state index in [0.717, 1.165) is 43.0 Å². The average Bonchev–Trinajstić information content (AvgIpc) is 3.34. The van der Waals surface area contributed by atoms with E-state index in [1.807, 2.05) is 13.0 Å². The van der Waals surface area contributed by atoms with Crippen molar-refractivity contribution in [3.8, 4) is 11.5 Å². The van der Waals surface area contributed by atoms with Crippen LogP contribution in [0.3, 0.4) is 0 Å². The molecular formula is C21H26N2O5S.